The summed E-state index contributed by atoms with van der Waals surface area (Å²) in [6.07, 6.45) is 1.05. The minimum Gasteiger partial charge on any atom is -0.497 e. The van der Waals surface area contributed by atoms with Gasteiger partial charge in [0.25, 0.3) is 0 Å². The van der Waals surface area contributed by atoms with E-state index >= 15 is 0 Å². The summed E-state index contributed by atoms with van der Waals surface area (Å²) in [6.45, 7) is 1.51. The van der Waals surface area contributed by atoms with Gasteiger partial charge in [-0.1, -0.05) is 0 Å². The van der Waals surface area contributed by atoms with Crippen LogP contribution < -0.4 is 23.8 Å². The average molecular weight is 408 g/mol. The van der Waals surface area contributed by atoms with Gasteiger partial charge in [-0.2, -0.15) is 0 Å². The smallest absolute Gasteiger partial charge is 0.248 e. The molecule has 0 unspecified atom stereocenters. The molecular formula is C19H24N2O6S. The number of carbonyl (C=O) groups is 1. The minimum absolute atomic E-state index is 0.354. The molecule has 0 radical (unpaired) electrons. The molecule has 2 aromatic carbocycles. The highest BCUT2D eigenvalue weighted by Gasteiger charge is 2.29. The zero-order chi connectivity index (χ0) is 20.9. The minimum atomic E-state index is -3.72. The maximum atomic E-state index is 12.8. The number of benzene rings is 2. The van der Waals surface area contributed by atoms with Gasteiger partial charge < -0.3 is 19.5 Å². The summed E-state index contributed by atoms with van der Waals surface area (Å²) >= 11 is 0. The third kappa shape index (κ3) is 4.86. The molecule has 9 heteroatoms. The van der Waals surface area contributed by atoms with Crippen LogP contribution in [0.2, 0.25) is 0 Å². The van der Waals surface area contributed by atoms with E-state index in [0.29, 0.717) is 28.6 Å². The molecule has 0 aliphatic rings. The SMILES string of the molecule is COc1ccc(N([C@H](C)C(=O)Nc2ccc(OC)cc2OC)S(C)(=O)=O)cc1. The van der Waals surface area contributed by atoms with E-state index in [9.17, 15) is 13.2 Å². The van der Waals surface area contributed by atoms with Crippen molar-refractivity contribution in [1.82, 2.24) is 0 Å². The number of amides is 1. The molecule has 0 aliphatic carbocycles. The van der Waals surface area contributed by atoms with E-state index in [0.717, 1.165) is 10.6 Å². The molecule has 0 aromatic heterocycles. The second-order valence-electron chi connectivity index (χ2n) is 5.99. The molecule has 2 rings (SSSR count). The van der Waals surface area contributed by atoms with Crippen LogP contribution in [0.15, 0.2) is 42.5 Å². The normalized spacial score (nSPS) is 12.0. The quantitative estimate of drug-likeness (QED) is 0.721. The number of hydrogen-bond donors (Lipinski definition) is 1. The summed E-state index contributed by atoms with van der Waals surface area (Å²) in [5.74, 6) is 1.04. The van der Waals surface area contributed by atoms with E-state index in [-0.39, 0.29) is 0 Å². The van der Waals surface area contributed by atoms with Crippen LogP contribution in [-0.4, -0.2) is 48.0 Å². The third-order valence-corrected chi connectivity index (χ3v) is 5.32. The summed E-state index contributed by atoms with van der Waals surface area (Å²) in [6, 6.07) is 10.3. The molecule has 8 nitrogen and oxygen atoms in total. The Kier molecular flexibility index (Phi) is 6.74. The second-order valence-corrected chi connectivity index (χ2v) is 7.85. The molecule has 2 aromatic rings. The Hall–Kier alpha value is -2.94. The van der Waals surface area contributed by atoms with E-state index in [4.69, 9.17) is 14.2 Å². The van der Waals surface area contributed by atoms with E-state index in [1.54, 1.807) is 42.5 Å². The zero-order valence-electron chi connectivity index (χ0n) is 16.4. The predicted molar refractivity (Wildman–Crippen MR) is 108 cm³/mol. The van der Waals surface area contributed by atoms with E-state index in [1.807, 2.05) is 0 Å². The molecule has 0 saturated carbocycles. The Bertz CT molecular complexity index is 928. The molecule has 0 heterocycles. The van der Waals surface area contributed by atoms with Gasteiger partial charge >= 0.3 is 0 Å². The maximum Gasteiger partial charge on any atom is 0.248 e. The molecule has 1 atom stereocenters. The first kappa shape index (κ1) is 21.4. The van der Waals surface area contributed by atoms with Crippen LogP contribution in [0.25, 0.3) is 0 Å². The van der Waals surface area contributed by atoms with Gasteiger partial charge in [0.15, 0.2) is 0 Å². The lowest BCUT2D eigenvalue weighted by Gasteiger charge is -2.28. The first-order chi connectivity index (χ1) is 13.2. The Labute approximate surface area is 165 Å². The fraction of sp³-hybridized carbons (Fsp3) is 0.316. The number of sulfonamides is 1. The van der Waals surface area contributed by atoms with Crippen LogP contribution >= 0.6 is 0 Å². The van der Waals surface area contributed by atoms with Crippen molar-refractivity contribution in [2.75, 3.05) is 37.2 Å². The number of methoxy groups -OCH3 is 3. The summed E-state index contributed by atoms with van der Waals surface area (Å²) < 4.78 is 41.3. The van der Waals surface area contributed by atoms with Crippen molar-refractivity contribution in [3.05, 3.63) is 42.5 Å². The van der Waals surface area contributed by atoms with Gasteiger partial charge in [-0.3, -0.25) is 9.10 Å². The maximum absolute atomic E-state index is 12.8. The Morgan fingerprint density at radius 2 is 1.54 bits per heavy atom. The lowest BCUT2D eigenvalue weighted by Crippen LogP contribution is -2.45. The lowest BCUT2D eigenvalue weighted by atomic mass is 10.2. The molecule has 0 spiro atoms. The molecule has 0 aliphatic heterocycles. The van der Waals surface area contributed by atoms with Crippen LogP contribution in [0.3, 0.4) is 0 Å². The third-order valence-electron chi connectivity index (χ3n) is 4.08. The zero-order valence-corrected chi connectivity index (χ0v) is 17.2. The Morgan fingerprint density at radius 3 is 2.04 bits per heavy atom. The highest BCUT2D eigenvalue weighted by Crippen LogP contribution is 2.30. The fourth-order valence-electron chi connectivity index (χ4n) is 2.68. The van der Waals surface area contributed by atoms with Crippen molar-refractivity contribution in [3.8, 4) is 17.2 Å². The average Bonchev–Trinajstić information content (AvgIpc) is 2.67. The predicted octanol–water partition coefficient (Wildman–Crippen LogP) is 2.51. The highest BCUT2D eigenvalue weighted by molar-refractivity contribution is 7.92. The van der Waals surface area contributed by atoms with Gasteiger partial charge in [0.1, 0.15) is 23.3 Å². The molecule has 152 valence electrons. The van der Waals surface area contributed by atoms with Crippen molar-refractivity contribution >= 4 is 27.3 Å². The molecule has 28 heavy (non-hydrogen) atoms. The van der Waals surface area contributed by atoms with Crippen molar-refractivity contribution in [2.45, 2.75) is 13.0 Å². The first-order valence-electron chi connectivity index (χ1n) is 8.37. The molecule has 0 saturated heterocycles. The van der Waals surface area contributed by atoms with E-state index in [2.05, 4.69) is 5.32 Å². The van der Waals surface area contributed by atoms with Gasteiger partial charge in [-0.05, 0) is 43.3 Å². The van der Waals surface area contributed by atoms with Crippen molar-refractivity contribution < 1.29 is 27.4 Å². The van der Waals surface area contributed by atoms with Crippen LogP contribution in [0, 0.1) is 0 Å². The van der Waals surface area contributed by atoms with Crippen molar-refractivity contribution in [3.63, 3.8) is 0 Å². The van der Waals surface area contributed by atoms with Gasteiger partial charge in [0.2, 0.25) is 15.9 Å². The molecule has 0 bridgehead atoms. The lowest BCUT2D eigenvalue weighted by molar-refractivity contribution is -0.116. The second kappa shape index (κ2) is 8.83. The summed E-state index contributed by atoms with van der Waals surface area (Å²) in [7, 11) is 0.784. The van der Waals surface area contributed by atoms with Crippen molar-refractivity contribution in [2.24, 2.45) is 0 Å². The highest BCUT2D eigenvalue weighted by atomic mass is 32.2. The van der Waals surface area contributed by atoms with Crippen molar-refractivity contribution in [1.29, 1.82) is 0 Å². The van der Waals surface area contributed by atoms with E-state index in [1.165, 1.54) is 28.3 Å². The van der Waals surface area contributed by atoms with Gasteiger partial charge in [0.05, 0.1) is 39.0 Å². The number of carbonyl (C=O) groups excluding carboxylic acids is 1. The summed E-state index contributed by atoms with van der Waals surface area (Å²) in [4.78, 5) is 12.8. The van der Waals surface area contributed by atoms with Crippen LogP contribution in [0.4, 0.5) is 11.4 Å². The van der Waals surface area contributed by atoms with E-state index < -0.39 is 22.0 Å². The van der Waals surface area contributed by atoms with Gasteiger partial charge in [-0.25, -0.2) is 8.42 Å². The molecule has 1 N–H and O–H groups in total. The monoisotopic (exact) mass is 408 g/mol. The Balaban J connectivity index is 2.31. The summed E-state index contributed by atoms with van der Waals surface area (Å²) in [5, 5.41) is 2.71. The molecule has 1 amide bonds. The van der Waals surface area contributed by atoms with Gasteiger partial charge in [0, 0.05) is 6.07 Å². The summed E-state index contributed by atoms with van der Waals surface area (Å²) in [5.41, 5.74) is 0.760. The van der Waals surface area contributed by atoms with Crippen LogP contribution in [0.5, 0.6) is 17.2 Å². The first-order valence-corrected chi connectivity index (χ1v) is 10.2. The number of hydrogen-bond acceptors (Lipinski definition) is 6. The number of nitrogens with zero attached hydrogens (tertiary/aromatic N) is 1. The fourth-order valence-corrected chi connectivity index (χ4v) is 3.85. The van der Waals surface area contributed by atoms with Crippen LogP contribution in [-0.2, 0) is 14.8 Å². The van der Waals surface area contributed by atoms with Gasteiger partial charge in [-0.15, -0.1) is 0 Å². The number of nitrogens with one attached hydrogen (secondary N) is 1. The largest absolute Gasteiger partial charge is 0.497 e. The number of ether oxygens (including phenoxy) is 3. The number of rotatable bonds is 8. The number of anilines is 2. The molecule has 0 fully saturated rings. The Morgan fingerprint density at radius 1 is 0.964 bits per heavy atom. The molecular weight excluding hydrogens is 384 g/mol. The standard InChI is InChI=1S/C19H24N2O6S/c1-13(19(22)20-17-11-10-16(26-3)12-18(17)27-4)21(28(5,23)24)14-6-8-15(25-2)9-7-14/h6-13H,1-5H3,(H,20,22)/t13-/m1/s1. The van der Waals surface area contributed by atoms with Crippen LogP contribution in [0.1, 0.15) is 6.92 Å². The topological polar surface area (TPSA) is 94.2 Å².